The minimum atomic E-state index is -0.129. The van der Waals surface area contributed by atoms with Crippen molar-refractivity contribution in [2.45, 2.75) is 13.5 Å². The van der Waals surface area contributed by atoms with Crippen LogP contribution in [-0.2, 0) is 11.3 Å². The molecule has 7 heteroatoms. The van der Waals surface area contributed by atoms with Gasteiger partial charge in [0.25, 0.3) is 5.91 Å². The average molecular weight is 458 g/mol. The first-order valence-electron chi connectivity index (χ1n) is 10.3. The molecule has 1 aliphatic heterocycles. The molecule has 4 rings (SSSR count). The second kappa shape index (κ2) is 10.7. The summed E-state index contributed by atoms with van der Waals surface area (Å²) in [4.78, 5) is 15.3. The van der Waals surface area contributed by atoms with Crippen LogP contribution in [0.2, 0.25) is 0 Å². The Morgan fingerprint density at radius 1 is 1.06 bits per heavy atom. The molecule has 0 spiro atoms. The summed E-state index contributed by atoms with van der Waals surface area (Å²) < 4.78 is 10.6. The molecule has 6 nitrogen and oxygen atoms in total. The smallest absolute Gasteiger partial charge is 0.267 e. The number of thioether (sulfide) groups is 1. The third-order valence-electron chi connectivity index (χ3n) is 4.80. The van der Waals surface area contributed by atoms with Gasteiger partial charge in [0.15, 0.2) is 5.17 Å². The summed E-state index contributed by atoms with van der Waals surface area (Å²) in [5, 5.41) is 9.05. The van der Waals surface area contributed by atoms with E-state index in [1.807, 2.05) is 79.7 Å². The minimum Gasteiger partial charge on any atom is -0.497 e. The molecule has 2 heterocycles. The van der Waals surface area contributed by atoms with Crippen molar-refractivity contribution < 1.29 is 13.9 Å². The van der Waals surface area contributed by atoms with Gasteiger partial charge in [-0.15, -0.1) is 5.10 Å². The molecule has 1 saturated heterocycles. The Bertz CT molecular complexity index is 1210. The lowest BCUT2D eigenvalue weighted by atomic mass is 10.1. The van der Waals surface area contributed by atoms with E-state index >= 15 is 0 Å². The first-order chi connectivity index (χ1) is 16.1. The highest BCUT2D eigenvalue weighted by Crippen LogP contribution is 2.33. The third kappa shape index (κ3) is 5.90. The Morgan fingerprint density at radius 2 is 1.85 bits per heavy atom. The third-order valence-corrected chi connectivity index (χ3v) is 5.80. The van der Waals surface area contributed by atoms with Gasteiger partial charge in [-0.1, -0.05) is 36.4 Å². The highest BCUT2D eigenvalue weighted by molar-refractivity contribution is 8.18. The summed E-state index contributed by atoms with van der Waals surface area (Å²) in [6.07, 6.45) is 7.15. The second-order valence-electron chi connectivity index (χ2n) is 7.28. The van der Waals surface area contributed by atoms with Crippen molar-refractivity contribution in [3.63, 3.8) is 0 Å². The van der Waals surface area contributed by atoms with Gasteiger partial charge in [0.05, 0.1) is 31.0 Å². The van der Waals surface area contributed by atoms with E-state index in [1.165, 1.54) is 11.8 Å². The van der Waals surface area contributed by atoms with Crippen LogP contribution in [0.5, 0.6) is 5.75 Å². The molecule has 33 heavy (non-hydrogen) atoms. The van der Waals surface area contributed by atoms with Crippen molar-refractivity contribution in [3.05, 3.63) is 106 Å². The zero-order chi connectivity index (χ0) is 23.0. The van der Waals surface area contributed by atoms with E-state index < -0.39 is 0 Å². The van der Waals surface area contributed by atoms with Crippen molar-refractivity contribution in [2.24, 2.45) is 10.2 Å². The van der Waals surface area contributed by atoms with E-state index in [0.717, 1.165) is 22.4 Å². The van der Waals surface area contributed by atoms with E-state index in [1.54, 1.807) is 30.6 Å². The van der Waals surface area contributed by atoms with Crippen LogP contribution < -0.4 is 4.74 Å². The Hall–Kier alpha value is -3.84. The number of hydrogen-bond donors (Lipinski definition) is 0. The Labute approximate surface area is 197 Å². The lowest BCUT2D eigenvalue weighted by Crippen LogP contribution is -2.28. The molecule has 1 aromatic heterocycles. The lowest BCUT2D eigenvalue weighted by Gasteiger charge is -2.12. The van der Waals surface area contributed by atoms with Gasteiger partial charge in [0.2, 0.25) is 0 Å². The number of methoxy groups -OCH3 is 1. The van der Waals surface area contributed by atoms with Crippen LogP contribution in [0.3, 0.4) is 0 Å². The van der Waals surface area contributed by atoms with Crippen LogP contribution in [0.1, 0.15) is 23.8 Å². The second-order valence-corrected chi connectivity index (χ2v) is 8.29. The number of nitrogens with zero attached hydrogens (tertiary/aromatic N) is 3. The van der Waals surface area contributed by atoms with Gasteiger partial charge in [-0.3, -0.25) is 9.69 Å². The summed E-state index contributed by atoms with van der Waals surface area (Å²) in [6.45, 7) is 2.26. The molecule has 0 bridgehead atoms. The minimum absolute atomic E-state index is 0.129. The molecule has 0 aliphatic carbocycles. The average Bonchev–Trinajstić information content (AvgIpc) is 3.44. The van der Waals surface area contributed by atoms with E-state index in [4.69, 9.17) is 9.15 Å². The van der Waals surface area contributed by atoms with Gasteiger partial charge in [-0.25, -0.2) is 0 Å². The quantitative estimate of drug-likeness (QED) is 0.258. The fourth-order valence-electron chi connectivity index (χ4n) is 3.18. The summed E-state index contributed by atoms with van der Waals surface area (Å²) in [5.74, 6) is 1.32. The number of carbonyl (C=O) groups is 1. The van der Waals surface area contributed by atoms with Crippen LogP contribution in [-0.4, -0.2) is 29.3 Å². The van der Waals surface area contributed by atoms with Crippen LogP contribution in [0.4, 0.5) is 0 Å². The Balaban J connectivity index is 1.58. The molecule has 3 aromatic rings. The largest absolute Gasteiger partial charge is 0.497 e. The molecule has 166 valence electrons. The standard InChI is InChI=1S/C26H23N3O3S/c1-19(15-20-7-4-3-5-8-20)16-24-25(30)29(18-23-9-6-14-32-23)26(33-24)28-27-17-21-10-12-22(31-2)13-11-21/h3-17H,18H2,1-2H3/b19-15+,24-16-,27-17-,28-26+. The molecule has 1 fully saturated rings. The molecule has 0 radical (unpaired) electrons. The molecule has 2 aromatic carbocycles. The van der Waals surface area contributed by atoms with Crippen LogP contribution in [0.25, 0.3) is 6.08 Å². The number of carbonyl (C=O) groups excluding carboxylic acids is 1. The first-order valence-corrected chi connectivity index (χ1v) is 11.2. The molecule has 1 amide bonds. The van der Waals surface area contributed by atoms with Gasteiger partial charge < -0.3 is 9.15 Å². The molecule has 0 unspecified atom stereocenters. The van der Waals surface area contributed by atoms with Gasteiger partial charge in [0.1, 0.15) is 11.5 Å². The highest BCUT2D eigenvalue weighted by atomic mass is 32.2. The molecule has 0 N–H and O–H groups in total. The summed E-state index contributed by atoms with van der Waals surface area (Å²) in [5.41, 5.74) is 2.93. The zero-order valence-electron chi connectivity index (χ0n) is 18.3. The predicted molar refractivity (Wildman–Crippen MR) is 133 cm³/mol. The summed E-state index contributed by atoms with van der Waals surface area (Å²) >= 11 is 1.30. The van der Waals surface area contributed by atoms with Crippen LogP contribution in [0, 0.1) is 0 Å². The van der Waals surface area contributed by atoms with Gasteiger partial charge in [-0.05, 0) is 77.9 Å². The highest BCUT2D eigenvalue weighted by Gasteiger charge is 2.34. The van der Waals surface area contributed by atoms with Gasteiger partial charge >= 0.3 is 0 Å². The van der Waals surface area contributed by atoms with Crippen LogP contribution in [0.15, 0.2) is 104 Å². The maximum atomic E-state index is 13.2. The van der Waals surface area contributed by atoms with Crippen molar-refractivity contribution >= 4 is 35.1 Å². The molecule has 0 atom stereocenters. The van der Waals surface area contributed by atoms with Crippen molar-refractivity contribution in [1.82, 2.24) is 4.90 Å². The number of benzene rings is 2. The predicted octanol–water partition coefficient (Wildman–Crippen LogP) is 5.74. The van der Waals surface area contributed by atoms with Crippen molar-refractivity contribution in [2.75, 3.05) is 7.11 Å². The van der Waals surface area contributed by atoms with Gasteiger partial charge in [0, 0.05) is 0 Å². The van der Waals surface area contributed by atoms with Crippen LogP contribution >= 0.6 is 11.8 Å². The topological polar surface area (TPSA) is 67.4 Å². The normalized spacial score (nSPS) is 17.0. The Morgan fingerprint density at radius 3 is 2.55 bits per heavy atom. The van der Waals surface area contributed by atoms with Crippen molar-refractivity contribution in [1.29, 1.82) is 0 Å². The molecule has 1 aliphatic rings. The van der Waals surface area contributed by atoms with E-state index in [2.05, 4.69) is 10.2 Å². The number of hydrogen-bond acceptors (Lipinski definition) is 6. The van der Waals surface area contributed by atoms with Crippen molar-refractivity contribution in [3.8, 4) is 5.75 Å². The summed E-state index contributed by atoms with van der Waals surface area (Å²) in [7, 11) is 1.62. The maximum Gasteiger partial charge on any atom is 0.267 e. The Kier molecular flexibility index (Phi) is 7.22. The number of ether oxygens (including phenoxy) is 1. The number of allylic oxidation sites excluding steroid dienone is 2. The van der Waals surface area contributed by atoms with E-state index in [-0.39, 0.29) is 12.5 Å². The lowest BCUT2D eigenvalue weighted by molar-refractivity contribution is -0.122. The van der Waals surface area contributed by atoms with E-state index in [9.17, 15) is 4.79 Å². The number of amidine groups is 1. The monoisotopic (exact) mass is 457 g/mol. The SMILES string of the molecule is COc1ccc(/C=N\N=C2\S/C(=C\C(C)=C\c3ccccc3)C(=O)N2Cc2ccco2)cc1. The molecular formula is C26H23N3O3S. The fourth-order valence-corrected chi connectivity index (χ4v) is 4.16. The van der Waals surface area contributed by atoms with Gasteiger partial charge in [-0.2, -0.15) is 5.10 Å². The zero-order valence-corrected chi connectivity index (χ0v) is 19.2. The fraction of sp³-hybridized carbons (Fsp3) is 0.115. The van der Waals surface area contributed by atoms with E-state index in [0.29, 0.717) is 15.8 Å². The maximum absolute atomic E-state index is 13.2. The number of amides is 1. The molecular weight excluding hydrogens is 434 g/mol. The first kappa shape index (κ1) is 22.4. The molecule has 0 saturated carbocycles. The number of furan rings is 1. The summed E-state index contributed by atoms with van der Waals surface area (Å²) in [6, 6.07) is 21.1. The number of rotatable bonds is 7.